The molecule has 0 bridgehead atoms. The monoisotopic (exact) mass is 191 g/mol. The van der Waals surface area contributed by atoms with Crippen molar-refractivity contribution in [3.63, 3.8) is 0 Å². The first kappa shape index (κ1) is 8.17. The van der Waals surface area contributed by atoms with E-state index in [4.69, 9.17) is 0 Å². The summed E-state index contributed by atoms with van der Waals surface area (Å²) in [6.07, 6.45) is 2.34. The Morgan fingerprint density at radius 1 is 1.43 bits per heavy atom. The van der Waals surface area contributed by atoms with Crippen LogP contribution in [0, 0.1) is 0 Å². The van der Waals surface area contributed by atoms with Gasteiger partial charge in [-0.2, -0.15) is 0 Å². The number of aromatic amines is 1. The molecular weight excluding hydrogens is 178 g/mol. The number of fused-ring (bicyclic) bond motifs is 1. The zero-order valence-electron chi connectivity index (χ0n) is 8.13. The van der Waals surface area contributed by atoms with E-state index >= 15 is 0 Å². The lowest BCUT2D eigenvalue weighted by atomic mass is 10.1. The molecule has 2 N–H and O–H groups in total. The Morgan fingerprint density at radius 3 is 2.93 bits per heavy atom. The van der Waals surface area contributed by atoms with Crippen LogP contribution in [0.25, 0.3) is 0 Å². The van der Waals surface area contributed by atoms with E-state index in [2.05, 4.69) is 15.3 Å². The van der Waals surface area contributed by atoms with Crippen molar-refractivity contribution in [1.29, 1.82) is 0 Å². The molecule has 0 saturated heterocycles. The number of rotatable bonds is 1. The molecule has 1 aromatic rings. The minimum absolute atomic E-state index is 0.0504. The van der Waals surface area contributed by atoms with E-state index in [0.717, 1.165) is 23.6 Å². The van der Waals surface area contributed by atoms with Crippen LogP contribution in [0.1, 0.15) is 48.8 Å². The Bertz CT molecular complexity index is 433. The van der Waals surface area contributed by atoms with E-state index in [1.165, 1.54) is 12.8 Å². The van der Waals surface area contributed by atoms with Crippen molar-refractivity contribution in [3.8, 4) is 0 Å². The van der Waals surface area contributed by atoms with E-state index < -0.39 is 0 Å². The summed E-state index contributed by atoms with van der Waals surface area (Å²) in [6, 6.07) is 0.148. The van der Waals surface area contributed by atoms with Gasteiger partial charge in [-0.25, -0.2) is 4.98 Å². The van der Waals surface area contributed by atoms with E-state index in [1.807, 2.05) is 6.92 Å². The van der Waals surface area contributed by atoms with Crippen molar-refractivity contribution in [2.45, 2.75) is 38.3 Å². The molecule has 0 spiro atoms. The molecule has 74 valence electrons. The number of nitrogens with one attached hydrogen (secondary N) is 2. The molecule has 4 heteroatoms. The highest BCUT2D eigenvalue weighted by Crippen LogP contribution is 2.38. The fourth-order valence-corrected chi connectivity index (χ4v) is 2.03. The van der Waals surface area contributed by atoms with Crippen LogP contribution in [0.2, 0.25) is 0 Å². The van der Waals surface area contributed by atoms with Gasteiger partial charge in [0, 0.05) is 18.5 Å². The molecule has 0 radical (unpaired) electrons. The van der Waals surface area contributed by atoms with Crippen molar-refractivity contribution < 1.29 is 0 Å². The summed E-state index contributed by atoms with van der Waals surface area (Å²) in [6.45, 7) is 2.74. The molecule has 1 aromatic heterocycles. The van der Waals surface area contributed by atoms with Gasteiger partial charge in [-0.05, 0) is 19.8 Å². The van der Waals surface area contributed by atoms with Crippen LogP contribution in [0.5, 0.6) is 0 Å². The highest BCUT2D eigenvalue weighted by atomic mass is 16.1. The summed E-state index contributed by atoms with van der Waals surface area (Å²) in [5, 5.41) is 3.23. The van der Waals surface area contributed by atoms with Crippen molar-refractivity contribution in [1.82, 2.24) is 15.3 Å². The van der Waals surface area contributed by atoms with Gasteiger partial charge >= 0.3 is 0 Å². The van der Waals surface area contributed by atoms with E-state index in [9.17, 15) is 4.79 Å². The number of nitrogens with zero attached hydrogens (tertiary/aromatic N) is 1. The average Bonchev–Trinajstić information content (AvgIpc) is 2.92. The van der Waals surface area contributed by atoms with Gasteiger partial charge in [0.05, 0.1) is 11.3 Å². The average molecular weight is 191 g/mol. The minimum atomic E-state index is 0.0504. The lowest BCUT2D eigenvalue weighted by Gasteiger charge is -2.03. The van der Waals surface area contributed by atoms with Gasteiger partial charge in [0.15, 0.2) is 0 Å². The second-order valence-corrected chi connectivity index (χ2v) is 4.19. The Hall–Kier alpha value is -1.16. The van der Waals surface area contributed by atoms with Crippen LogP contribution < -0.4 is 10.9 Å². The quantitative estimate of drug-likeness (QED) is 0.690. The first-order chi connectivity index (χ1) is 6.75. The first-order valence-corrected chi connectivity index (χ1v) is 5.12. The van der Waals surface area contributed by atoms with E-state index in [-0.39, 0.29) is 11.6 Å². The predicted octanol–water partition coefficient (Wildman–Crippen LogP) is 0.812. The third-order valence-electron chi connectivity index (χ3n) is 3.03. The van der Waals surface area contributed by atoms with Crippen molar-refractivity contribution in [2.24, 2.45) is 0 Å². The number of hydrogen-bond donors (Lipinski definition) is 2. The molecule has 2 heterocycles. The number of aromatic nitrogens is 2. The lowest BCUT2D eigenvalue weighted by molar-refractivity contribution is 0.629. The van der Waals surface area contributed by atoms with Gasteiger partial charge in [0.25, 0.3) is 5.56 Å². The molecule has 1 atom stereocenters. The number of H-pyrrole nitrogens is 1. The van der Waals surface area contributed by atoms with Crippen LogP contribution in [0.4, 0.5) is 0 Å². The molecular formula is C10H13N3O. The highest BCUT2D eigenvalue weighted by molar-refractivity contribution is 5.27. The third-order valence-corrected chi connectivity index (χ3v) is 3.03. The van der Waals surface area contributed by atoms with Gasteiger partial charge < -0.3 is 10.3 Å². The van der Waals surface area contributed by atoms with Gasteiger partial charge in [-0.15, -0.1) is 0 Å². The standard InChI is InChI=1S/C10H13N3O/c1-5-8-7(4-11-5)12-9(6-2-3-6)13-10(8)14/h5-6,11H,2-4H2,1H3,(H,12,13,14). The van der Waals surface area contributed by atoms with E-state index in [1.54, 1.807) is 0 Å². The Labute approximate surface area is 81.8 Å². The van der Waals surface area contributed by atoms with Crippen molar-refractivity contribution >= 4 is 0 Å². The van der Waals surface area contributed by atoms with Crippen LogP contribution in [-0.2, 0) is 6.54 Å². The Kier molecular flexibility index (Phi) is 1.56. The van der Waals surface area contributed by atoms with Gasteiger partial charge in [0.2, 0.25) is 0 Å². The normalized spacial score (nSPS) is 25.1. The molecule has 0 aromatic carbocycles. The number of hydrogen-bond acceptors (Lipinski definition) is 3. The zero-order valence-corrected chi connectivity index (χ0v) is 8.13. The maximum Gasteiger partial charge on any atom is 0.255 e. The Morgan fingerprint density at radius 2 is 2.21 bits per heavy atom. The largest absolute Gasteiger partial charge is 0.310 e. The molecule has 1 unspecified atom stereocenters. The maximum absolute atomic E-state index is 11.7. The van der Waals surface area contributed by atoms with Gasteiger partial charge in [-0.3, -0.25) is 4.79 Å². The molecule has 3 rings (SSSR count). The van der Waals surface area contributed by atoms with Gasteiger partial charge in [0.1, 0.15) is 5.82 Å². The third kappa shape index (κ3) is 1.10. The smallest absolute Gasteiger partial charge is 0.255 e. The zero-order chi connectivity index (χ0) is 9.71. The molecule has 14 heavy (non-hydrogen) atoms. The summed E-state index contributed by atoms with van der Waals surface area (Å²) in [7, 11) is 0. The summed E-state index contributed by atoms with van der Waals surface area (Å²) in [5.74, 6) is 1.41. The summed E-state index contributed by atoms with van der Waals surface area (Å²) >= 11 is 0. The van der Waals surface area contributed by atoms with Crippen LogP contribution in [0.3, 0.4) is 0 Å². The molecule has 1 aliphatic heterocycles. The van der Waals surface area contributed by atoms with Gasteiger partial charge in [-0.1, -0.05) is 0 Å². The Balaban J connectivity index is 2.15. The summed E-state index contributed by atoms with van der Waals surface area (Å²) < 4.78 is 0. The fraction of sp³-hybridized carbons (Fsp3) is 0.600. The topological polar surface area (TPSA) is 57.8 Å². The van der Waals surface area contributed by atoms with Crippen molar-refractivity contribution in [2.75, 3.05) is 0 Å². The summed E-state index contributed by atoms with van der Waals surface area (Å²) in [4.78, 5) is 19.1. The fourth-order valence-electron chi connectivity index (χ4n) is 2.03. The second-order valence-electron chi connectivity index (χ2n) is 4.19. The van der Waals surface area contributed by atoms with Crippen molar-refractivity contribution in [3.05, 3.63) is 27.4 Å². The molecule has 1 saturated carbocycles. The SMILES string of the molecule is CC1NCc2nc(C3CC3)[nH]c(=O)c21. The minimum Gasteiger partial charge on any atom is -0.310 e. The van der Waals surface area contributed by atoms with Crippen LogP contribution >= 0.6 is 0 Å². The predicted molar refractivity (Wildman–Crippen MR) is 52.1 cm³/mol. The molecule has 2 aliphatic rings. The van der Waals surface area contributed by atoms with Crippen LogP contribution in [-0.4, -0.2) is 9.97 Å². The molecule has 1 aliphatic carbocycles. The molecule has 0 amide bonds. The highest BCUT2D eigenvalue weighted by Gasteiger charge is 2.30. The summed E-state index contributed by atoms with van der Waals surface area (Å²) in [5.41, 5.74) is 1.83. The second kappa shape index (κ2) is 2.67. The molecule has 4 nitrogen and oxygen atoms in total. The van der Waals surface area contributed by atoms with Crippen LogP contribution in [0.15, 0.2) is 4.79 Å². The molecule has 1 fully saturated rings. The lowest BCUT2D eigenvalue weighted by Crippen LogP contribution is -2.19. The first-order valence-electron chi connectivity index (χ1n) is 5.12. The maximum atomic E-state index is 11.7. The van der Waals surface area contributed by atoms with E-state index in [0.29, 0.717) is 5.92 Å².